The van der Waals surface area contributed by atoms with E-state index in [9.17, 15) is 0 Å². The Hall–Kier alpha value is -1.43. The topological polar surface area (TPSA) is 0 Å². The van der Waals surface area contributed by atoms with Crippen LogP contribution in [0.3, 0.4) is 0 Å². The molecule has 1 heteroatoms. The first kappa shape index (κ1) is 7.93. The van der Waals surface area contributed by atoms with Gasteiger partial charge in [0.05, 0.1) is 4.91 Å². The summed E-state index contributed by atoms with van der Waals surface area (Å²) in [6.07, 6.45) is 8.35. The molecule has 1 heterocycles. The molecule has 1 aromatic carbocycles. The highest BCUT2D eigenvalue weighted by molar-refractivity contribution is 8.03. The number of allylic oxidation sites excluding steroid dienone is 4. The van der Waals surface area contributed by atoms with Gasteiger partial charge in [-0.3, -0.25) is 0 Å². The van der Waals surface area contributed by atoms with Crippen LogP contribution < -0.4 is 0 Å². The minimum atomic E-state index is 1.19. The van der Waals surface area contributed by atoms with Gasteiger partial charge in [0, 0.05) is 16.0 Å². The van der Waals surface area contributed by atoms with Crippen molar-refractivity contribution < 1.29 is 0 Å². The molecule has 0 nitrogen and oxygen atoms in total. The molecule has 1 aromatic rings. The van der Waals surface area contributed by atoms with Crippen LogP contribution >= 0.6 is 11.8 Å². The Bertz CT molecular complexity index is 512. The van der Waals surface area contributed by atoms with E-state index in [1.807, 2.05) is 0 Å². The fourth-order valence-corrected chi connectivity index (χ4v) is 2.60. The Labute approximate surface area is 87.3 Å². The molecule has 2 aliphatic rings. The maximum Gasteiger partial charge on any atom is 0.0547 e. The van der Waals surface area contributed by atoms with Crippen LogP contribution in [0.2, 0.25) is 0 Å². The molecule has 0 saturated carbocycles. The number of fused-ring (bicyclic) bond motifs is 2. The van der Waals surface area contributed by atoms with Crippen LogP contribution in [-0.2, 0) is 0 Å². The molecule has 0 radical (unpaired) electrons. The van der Waals surface area contributed by atoms with Crippen molar-refractivity contribution in [1.82, 2.24) is 0 Å². The summed E-state index contributed by atoms with van der Waals surface area (Å²) in [5, 5.41) is 0. The maximum absolute atomic E-state index is 3.39. The minimum absolute atomic E-state index is 1.19. The summed E-state index contributed by atoms with van der Waals surface area (Å²) in [5.74, 6) is 0. The van der Waals surface area contributed by atoms with Crippen molar-refractivity contribution in [2.24, 2.45) is 0 Å². The Kier molecular flexibility index (Phi) is 1.73. The molecule has 66 valence electrons. The number of rotatable bonds is 0. The highest BCUT2D eigenvalue weighted by Crippen LogP contribution is 2.38. The lowest BCUT2D eigenvalue weighted by Gasteiger charge is -2.11. The first-order valence-electron chi connectivity index (χ1n) is 4.56. The van der Waals surface area contributed by atoms with E-state index in [2.05, 4.69) is 54.3 Å². The predicted octanol–water partition coefficient (Wildman–Crippen LogP) is 3.78. The molecule has 0 aromatic heterocycles. The summed E-state index contributed by atoms with van der Waals surface area (Å²) < 4.78 is 0. The van der Waals surface area contributed by atoms with E-state index < -0.39 is 0 Å². The summed E-state index contributed by atoms with van der Waals surface area (Å²) in [5.41, 5.74) is 5.88. The molecule has 2 bridgehead atoms. The quantitative estimate of drug-likeness (QED) is 0.569. The second-order valence-electron chi connectivity index (χ2n) is 3.22. The van der Waals surface area contributed by atoms with Crippen molar-refractivity contribution in [3.05, 3.63) is 64.8 Å². The van der Waals surface area contributed by atoms with E-state index in [-0.39, 0.29) is 0 Å². The van der Waals surface area contributed by atoms with E-state index in [0.717, 1.165) is 0 Å². The summed E-state index contributed by atoms with van der Waals surface area (Å²) in [7, 11) is 0. The number of hydrogen-bond acceptors (Lipinski definition) is 1. The third-order valence-electron chi connectivity index (χ3n) is 2.28. The summed E-state index contributed by atoms with van der Waals surface area (Å²) in [4.78, 5) is 2.52. The van der Waals surface area contributed by atoms with Crippen LogP contribution in [0.5, 0.6) is 0 Å². The van der Waals surface area contributed by atoms with E-state index in [1.165, 1.54) is 20.9 Å². The SMILES string of the molecule is C1=C2C=CC=CC=1c1ccccc1S2. The molecule has 3 rings (SSSR count). The smallest absolute Gasteiger partial charge is 0.0547 e. The minimum Gasteiger partial charge on any atom is -0.0970 e. The fourth-order valence-electron chi connectivity index (χ4n) is 1.62. The number of hydrogen-bond donors (Lipinski definition) is 0. The predicted molar refractivity (Wildman–Crippen MR) is 61.0 cm³/mol. The van der Waals surface area contributed by atoms with Gasteiger partial charge in [0.25, 0.3) is 0 Å². The van der Waals surface area contributed by atoms with Crippen molar-refractivity contribution in [3.63, 3.8) is 0 Å². The van der Waals surface area contributed by atoms with Gasteiger partial charge >= 0.3 is 0 Å². The van der Waals surface area contributed by atoms with Crippen LogP contribution in [0.25, 0.3) is 5.57 Å². The number of thioether (sulfide) groups is 1. The fraction of sp³-hybridized carbons (Fsp3) is 0. The van der Waals surface area contributed by atoms with Crippen LogP contribution in [-0.4, -0.2) is 0 Å². The van der Waals surface area contributed by atoms with Gasteiger partial charge in [-0.05, 0) is 18.2 Å². The normalized spacial score (nSPS) is 16.9. The van der Waals surface area contributed by atoms with Gasteiger partial charge in [-0.1, -0.05) is 47.8 Å². The summed E-state index contributed by atoms with van der Waals surface area (Å²) in [6, 6.07) is 8.47. The maximum atomic E-state index is 3.39. The van der Waals surface area contributed by atoms with Crippen molar-refractivity contribution >= 4 is 17.3 Å². The molecule has 1 aliphatic heterocycles. The first-order valence-corrected chi connectivity index (χ1v) is 5.38. The van der Waals surface area contributed by atoms with Gasteiger partial charge in [0.15, 0.2) is 0 Å². The monoisotopic (exact) mass is 196 g/mol. The second kappa shape index (κ2) is 3.06. The molecule has 0 fully saturated rings. The molecule has 0 atom stereocenters. The highest BCUT2D eigenvalue weighted by atomic mass is 32.2. The molecule has 0 spiro atoms. The van der Waals surface area contributed by atoms with Crippen LogP contribution in [0.4, 0.5) is 0 Å². The summed E-state index contributed by atoms with van der Waals surface area (Å²) >= 11 is 1.78. The van der Waals surface area contributed by atoms with Gasteiger partial charge in [-0.25, -0.2) is 0 Å². The zero-order chi connectivity index (χ0) is 9.38. The van der Waals surface area contributed by atoms with Gasteiger partial charge < -0.3 is 0 Å². The zero-order valence-corrected chi connectivity index (χ0v) is 8.34. The lowest BCUT2D eigenvalue weighted by Crippen LogP contribution is -1.88. The second-order valence-corrected chi connectivity index (χ2v) is 4.30. The van der Waals surface area contributed by atoms with Crippen LogP contribution in [0, 0.1) is 0 Å². The van der Waals surface area contributed by atoms with Crippen LogP contribution in [0.15, 0.2) is 64.1 Å². The van der Waals surface area contributed by atoms with Crippen molar-refractivity contribution in [2.75, 3.05) is 0 Å². The van der Waals surface area contributed by atoms with Crippen molar-refractivity contribution in [1.29, 1.82) is 0 Å². The molecule has 0 amide bonds. The number of benzene rings is 1. The molecular weight excluding hydrogens is 188 g/mol. The van der Waals surface area contributed by atoms with Gasteiger partial charge in [-0.15, -0.1) is 0 Å². The largest absolute Gasteiger partial charge is 0.0970 e. The first-order chi connectivity index (χ1) is 6.93. The summed E-state index contributed by atoms with van der Waals surface area (Å²) in [6.45, 7) is 0. The standard InChI is InChI=1S/C13H8S/c1-2-6-11-9-10(5-1)12-7-3-4-8-13(12)14-11/h1-8H. The Morgan fingerprint density at radius 3 is 2.86 bits per heavy atom. The Balaban J connectivity index is 2.29. The van der Waals surface area contributed by atoms with E-state index in [0.29, 0.717) is 0 Å². The van der Waals surface area contributed by atoms with E-state index in [1.54, 1.807) is 11.8 Å². The molecule has 0 unspecified atom stereocenters. The molecule has 0 saturated heterocycles. The average molecular weight is 196 g/mol. The highest BCUT2D eigenvalue weighted by Gasteiger charge is 2.12. The Morgan fingerprint density at radius 1 is 1.00 bits per heavy atom. The van der Waals surface area contributed by atoms with Crippen molar-refractivity contribution in [2.45, 2.75) is 4.90 Å². The molecular formula is C13H8S. The lowest BCUT2D eigenvalue weighted by molar-refractivity contribution is 1.40. The van der Waals surface area contributed by atoms with E-state index >= 15 is 0 Å². The Morgan fingerprint density at radius 2 is 1.86 bits per heavy atom. The third kappa shape index (κ3) is 1.19. The third-order valence-corrected chi connectivity index (χ3v) is 3.31. The van der Waals surface area contributed by atoms with E-state index in [4.69, 9.17) is 0 Å². The van der Waals surface area contributed by atoms with Gasteiger partial charge in [-0.2, -0.15) is 0 Å². The van der Waals surface area contributed by atoms with Gasteiger partial charge in [0.2, 0.25) is 0 Å². The van der Waals surface area contributed by atoms with Gasteiger partial charge in [0.1, 0.15) is 0 Å². The van der Waals surface area contributed by atoms with Crippen molar-refractivity contribution in [3.8, 4) is 0 Å². The molecule has 14 heavy (non-hydrogen) atoms. The molecule has 0 N–H and O–H groups in total. The molecule has 1 aliphatic carbocycles. The lowest BCUT2D eigenvalue weighted by atomic mass is 10.1. The zero-order valence-electron chi connectivity index (χ0n) is 7.53. The average Bonchev–Trinajstić information content (AvgIpc) is 2.41. The van der Waals surface area contributed by atoms with Crippen LogP contribution in [0.1, 0.15) is 5.56 Å².